The fourth-order valence-corrected chi connectivity index (χ4v) is 4.34. The number of methoxy groups -OCH3 is 1. The van der Waals surface area contributed by atoms with E-state index in [4.69, 9.17) is 9.72 Å². The second-order valence-electron chi connectivity index (χ2n) is 7.22. The summed E-state index contributed by atoms with van der Waals surface area (Å²) in [5.41, 5.74) is 4.86. The largest absolute Gasteiger partial charge is 0.494 e. The molecule has 4 rings (SSSR count). The molecular formula is C24H23N3O2S. The smallest absolute Gasteiger partial charge is 0.233 e. The zero-order valence-electron chi connectivity index (χ0n) is 17.3. The first-order chi connectivity index (χ1) is 14.5. The Hall–Kier alpha value is -3.25. The highest BCUT2D eigenvalue weighted by Crippen LogP contribution is 2.37. The molecule has 0 saturated heterocycles. The zero-order valence-corrected chi connectivity index (χ0v) is 18.1. The Balaban J connectivity index is 1.73. The summed E-state index contributed by atoms with van der Waals surface area (Å²) in [6.07, 6.45) is 2.04. The van der Waals surface area contributed by atoms with E-state index in [0.717, 1.165) is 27.0 Å². The van der Waals surface area contributed by atoms with Crippen LogP contribution in [0.3, 0.4) is 0 Å². The minimum atomic E-state index is -0.0137. The lowest BCUT2D eigenvalue weighted by atomic mass is 10.1. The molecule has 30 heavy (non-hydrogen) atoms. The van der Waals surface area contributed by atoms with Gasteiger partial charge in [-0.1, -0.05) is 53.3 Å². The van der Waals surface area contributed by atoms with Gasteiger partial charge >= 0.3 is 0 Å². The fraction of sp³-hybridized carbons (Fsp3) is 0.208. The monoisotopic (exact) mass is 417 g/mol. The van der Waals surface area contributed by atoms with Crippen LogP contribution in [0.15, 0.2) is 60.8 Å². The van der Waals surface area contributed by atoms with Crippen LogP contribution in [-0.4, -0.2) is 23.0 Å². The molecule has 0 N–H and O–H groups in total. The third-order valence-corrected chi connectivity index (χ3v) is 6.18. The summed E-state index contributed by atoms with van der Waals surface area (Å²) < 4.78 is 6.52. The van der Waals surface area contributed by atoms with E-state index in [0.29, 0.717) is 23.8 Å². The van der Waals surface area contributed by atoms with Crippen LogP contribution in [-0.2, 0) is 17.8 Å². The molecule has 0 bridgehead atoms. The van der Waals surface area contributed by atoms with Crippen molar-refractivity contribution in [3.05, 3.63) is 83.2 Å². The van der Waals surface area contributed by atoms with Crippen molar-refractivity contribution in [2.24, 2.45) is 0 Å². The number of carbonyl (C=O) groups is 1. The Labute approximate surface area is 180 Å². The number of benzene rings is 2. The molecule has 0 saturated carbocycles. The van der Waals surface area contributed by atoms with Gasteiger partial charge in [0.1, 0.15) is 11.3 Å². The van der Waals surface area contributed by atoms with E-state index in [1.165, 1.54) is 16.9 Å². The maximum atomic E-state index is 13.4. The first-order valence-electron chi connectivity index (χ1n) is 9.75. The van der Waals surface area contributed by atoms with Crippen molar-refractivity contribution in [3.8, 4) is 5.75 Å². The van der Waals surface area contributed by atoms with Crippen molar-refractivity contribution in [2.45, 2.75) is 26.8 Å². The summed E-state index contributed by atoms with van der Waals surface area (Å²) in [4.78, 5) is 24.3. The second kappa shape index (κ2) is 8.63. The number of fused-ring (bicyclic) bond motifs is 1. The number of pyridine rings is 1. The molecule has 4 aromatic rings. The molecule has 0 aliphatic rings. The van der Waals surface area contributed by atoms with Crippen LogP contribution in [0.4, 0.5) is 5.13 Å². The van der Waals surface area contributed by atoms with Crippen LogP contribution >= 0.6 is 11.3 Å². The normalized spacial score (nSPS) is 10.9. The number of hydrogen-bond donors (Lipinski definition) is 0. The molecule has 1 amide bonds. The third-order valence-electron chi connectivity index (χ3n) is 4.97. The summed E-state index contributed by atoms with van der Waals surface area (Å²) in [6, 6.07) is 17.7. The van der Waals surface area contributed by atoms with Gasteiger partial charge in [-0.25, -0.2) is 4.98 Å². The highest BCUT2D eigenvalue weighted by Gasteiger charge is 2.22. The Bertz CT molecular complexity index is 1170. The highest BCUT2D eigenvalue weighted by atomic mass is 32.1. The van der Waals surface area contributed by atoms with E-state index in [2.05, 4.69) is 4.98 Å². The number of aryl methyl sites for hydroxylation is 2. The van der Waals surface area contributed by atoms with Crippen LogP contribution in [0.5, 0.6) is 5.75 Å². The maximum absolute atomic E-state index is 13.4. The van der Waals surface area contributed by atoms with E-state index in [1.807, 2.05) is 68.4 Å². The molecular weight excluding hydrogens is 394 g/mol. The van der Waals surface area contributed by atoms with E-state index < -0.39 is 0 Å². The number of carbonyl (C=O) groups excluding carboxylic acids is 1. The first kappa shape index (κ1) is 20.0. The van der Waals surface area contributed by atoms with Gasteiger partial charge in [0.25, 0.3) is 0 Å². The molecule has 2 aromatic heterocycles. The molecule has 0 fully saturated rings. The van der Waals surface area contributed by atoms with Gasteiger partial charge in [-0.05, 0) is 43.2 Å². The Morgan fingerprint density at radius 1 is 1.07 bits per heavy atom. The van der Waals surface area contributed by atoms with Crippen molar-refractivity contribution in [2.75, 3.05) is 12.0 Å². The van der Waals surface area contributed by atoms with E-state index >= 15 is 0 Å². The van der Waals surface area contributed by atoms with Crippen molar-refractivity contribution in [1.29, 1.82) is 0 Å². The number of anilines is 1. The first-order valence-corrected chi connectivity index (χ1v) is 10.6. The number of hydrogen-bond acceptors (Lipinski definition) is 5. The number of rotatable bonds is 6. The van der Waals surface area contributed by atoms with E-state index in [-0.39, 0.29) is 5.91 Å². The fourth-order valence-electron chi connectivity index (χ4n) is 3.27. The predicted octanol–water partition coefficient (Wildman–Crippen LogP) is 5.09. The lowest BCUT2D eigenvalue weighted by Gasteiger charge is -2.19. The standard InChI is InChI=1S/C24H23N3O2S/c1-16-7-10-18(11-8-16)14-21(28)27(15-19-6-4-5-13-25-19)24-26-22-20(29-3)12-9-17(2)23(22)30-24/h4-13H,14-15H2,1-3H3. The molecule has 6 heteroatoms. The quantitative estimate of drug-likeness (QED) is 0.438. The molecule has 0 aliphatic heterocycles. The predicted molar refractivity (Wildman–Crippen MR) is 121 cm³/mol. The number of amides is 1. The molecule has 2 aromatic carbocycles. The lowest BCUT2D eigenvalue weighted by Crippen LogP contribution is -2.32. The molecule has 2 heterocycles. The highest BCUT2D eigenvalue weighted by molar-refractivity contribution is 7.22. The topological polar surface area (TPSA) is 55.3 Å². The summed E-state index contributed by atoms with van der Waals surface area (Å²) in [6.45, 7) is 4.45. The molecule has 0 unspecified atom stereocenters. The van der Waals surface area contributed by atoms with Gasteiger partial charge in [-0.2, -0.15) is 0 Å². The van der Waals surface area contributed by atoms with Crippen molar-refractivity contribution >= 4 is 32.6 Å². The van der Waals surface area contributed by atoms with Gasteiger partial charge in [-0.15, -0.1) is 0 Å². The van der Waals surface area contributed by atoms with Crippen LogP contribution in [0, 0.1) is 13.8 Å². The molecule has 152 valence electrons. The number of ether oxygens (including phenoxy) is 1. The zero-order chi connectivity index (χ0) is 21.1. The number of aromatic nitrogens is 2. The Morgan fingerprint density at radius 3 is 2.57 bits per heavy atom. The minimum absolute atomic E-state index is 0.0137. The number of nitrogens with zero attached hydrogens (tertiary/aromatic N) is 3. The third kappa shape index (κ3) is 4.19. The summed E-state index contributed by atoms with van der Waals surface area (Å²) in [7, 11) is 1.64. The van der Waals surface area contributed by atoms with Gasteiger partial charge in [0, 0.05) is 6.20 Å². The average molecular weight is 418 g/mol. The van der Waals surface area contributed by atoms with Crippen molar-refractivity contribution in [1.82, 2.24) is 9.97 Å². The van der Waals surface area contributed by atoms with Crippen LogP contribution in [0.1, 0.15) is 22.4 Å². The molecule has 0 spiro atoms. The summed E-state index contributed by atoms with van der Waals surface area (Å²) in [5, 5.41) is 0.653. The average Bonchev–Trinajstić information content (AvgIpc) is 3.21. The summed E-state index contributed by atoms with van der Waals surface area (Å²) in [5.74, 6) is 0.696. The van der Waals surface area contributed by atoms with Gasteiger partial charge in [0.05, 0.1) is 30.5 Å². The summed E-state index contributed by atoms with van der Waals surface area (Å²) >= 11 is 1.51. The van der Waals surface area contributed by atoms with Gasteiger partial charge < -0.3 is 4.74 Å². The van der Waals surface area contributed by atoms with Gasteiger partial charge in [0.2, 0.25) is 5.91 Å². The van der Waals surface area contributed by atoms with E-state index in [1.54, 1.807) is 18.2 Å². The number of thiazole rings is 1. The van der Waals surface area contributed by atoms with Crippen LogP contribution in [0.25, 0.3) is 10.2 Å². The lowest BCUT2D eigenvalue weighted by molar-refractivity contribution is -0.118. The SMILES string of the molecule is COc1ccc(C)c2sc(N(Cc3ccccn3)C(=O)Cc3ccc(C)cc3)nc12. The molecule has 0 aliphatic carbocycles. The van der Waals surface area contributed by atoms with Crippen LogP contribution in [0.2, 0.25) is 0 Å². The second-order valence-corrected chi connectivity index (χ2v) is 8.20. The Kier molecular flexibility index (Phi) is 5.77. The molecule has 5 nitrogen and oxygen atoms in total. The maximum Gasteiger partial charge on any atom is 0.233 e. The van der Waals surface area contributed by atoms with Crippen molar-refractivity contribution in [3.63, 3.8) is 0 Å². The van der Waals surface area contributed by atoms with E-state index in [9.17, 15) is 4.79 Å². The van der Waals surface area contributed by atoms with Gasteiger partial charge in [-0.3, -0.25) is 14.7 Å². The van der Waals surface area contributed by atoms with Gasteiger partial charge in [0.15, 0.2) is 5.13 Å². The minimum Gasteiger partial charge on any atom is -0.494 e. The molecule has 0 atom stereocenters. The van der Waals surface area contributed by atoms with Crippen LogP contribution < -0.4 is 9.64 Å². The molecule has 0 radical (unpaired) electrons. The Morgan fingerprint density at radius 2 is 1.87 bits per heavy atom. The van der Waals surface area contributed by atoms with Crippen molar-refractivity contribution < 1.29 is 9.53 Å².